The fourth-order valence-corrected chi connectivity index (χ4v) is 4.35. The van der Waals surface area contributed by atoms with Crippen molar-refractivity contribution in [1.29, 1.82) is 0 Å². The van der Waals surface area contributed by atoms with Crippen molar-refractivity contribution in [2.24, 2.45) is 4.99 Å². The minimum absolute atomic E-state index is 0. The first-order valence-electron chi connectivity index (χ1n) is 9.48. The number of para-hydroxylation sites is 1. The smallest absolute Gasteiger partial charge is 0.261 e. The number of aromatic nitrogens is 2. The number of nitrogens with one attached hydrogen (secondary N) is 1. The SMILES string of the molecule is Cl.Cl.O=C1NC(=O)C(c2cnc3ccc(F)cn23)=C1C1=NC=CN2CCc3cccc1c32. The standard InChI is InChI=1S/C22H14FN5O2.2ClH/c23-13-4-5-16-25-10-15(28(16)11-13)17-18(22(30)26-21(17)29)19-14-3-1-2-12-6-8-27(20(12)14)9-7-24-19;;/h1-5,7,9-11H,6,8H2,(H,26,29,30);2*1H. The summed E-state index contributed by atoms with van der Waals surface area (Å²) in [4.78, 5) is 36.6. The predicted molar refractivity (Wildman–Crippen MR) is 123 cm³/mol. The molecule has 0 fully saturated rings. The van der Waals surface area contributed by atoms with Gasteiger partial charge in [-0.1, -0.05) is 18.2 Å². The summed E-state index contributed by atoms with van der Waals surface area (Å²) in [7, 11) is 0. The number of benzene rings is 1. The monoisotopic (exact) mass is 471 g/mol. The molecule has 3 aromatic rings. The predicted octanol–water partition coefficient (Wildman–Crippen LogP) is 3.06. The minimum Gasteiger partial charge on any atom is -0.345 e. The maximum absolute atomic E-state index is 13.9. The molecule has 1 N–H and O–H groups in total. The van der Waals surface area contributed by atoms with Crippen LogP contribution in [0.2, 0.25) is 0 Å². The first-order chi connectivity index (χ1) is 14.6. The Kier molecular flexibility index (Phi) is 5.36. The molecule has 10 heteroatoms. The summed E-state index contributed by atoms with van der Waals surface area (Å²) >= 11 is 0. The molecule has 5 heterocycles. The van der Waals surface area contributed by atoms with Gasteiger partial charge in [0.15, 0.2) is 0 Å². The van der Waals surface area contributed by atoms with Crippen LogP contribution in [0.1, 0.15) is 16.8 Å². The molecule has 3 aliphatic heterocycles. The van der Waals surface area contributed by atoms with Gasteiger partial charge in [-0.05, 0) is 24.1 Å². The summed E-state index contributed by atoms with van der Waals surface area (Å²) < 4.78 is 15.4. The fraction of sp³-hybridized carbons (Fsp3) is 0.0909. The van der Waals surface area contributed by atoms with Crippen molar-refractivity contribution in [3.05, 3.63) is 83.3 Å². The molecule has 0 spiro atoms. The largest absolute Gasteiger partial charge is 0.345 e. The Hall–Kier alpha value is -3.49. The Morgan fingerprint density at radius 3 is 2.69 bits per heavy atom. The fourth-order valence-electron chi connectivity index (χ4n) is 4.35. The topological polar surface area (TPSA) is 79.1 Å². The van der Waals surface area contributed by atoms with E-state index in [4.69, 9.17) is 0 Å². The number of rotatable bonds is 2. The average molecular weight is 472 g/mol. The van der Waals surface area contributed by atoms with Crippen molar-refractivity contribution in [2.75, 3.05) is 11.4 Å². The first kappa shape index (κ1) is 21.7. The van der Waals surface area contributed by atoms with Crippen molar-refractivity contribution >= 4 is 59.2 Å². The molecule has 0 saturated carbocycles. The lowest BCUT2D eigenvalue weighted by atomic mass is 9.94. The molecule has 1 aromatic carbocycles. The minimum atomic E-state index is -0.554. The van der Waals surface area contributed by atoms with Gasteiger partial charge in [0.1, 0.15) is 11.5 Å². The van der Waals surface area contributed by atoms with Crippen LogP contribution >= 0.6 is 24.8 Å². The van der Waals surface area contributed by atoms with Gasteiger partial charge in [0.25, 0.3) is 11.8 Å². The molecule has 0 saturated heterocycles. The highest BCUT2D eigenvalue weighted by Crippen LogP contribution is 2.37. The Bertz CT molecular complexity index is 1390. The Balaban J connectivity index is 0.00000122. The number of halogens is 3. The molecule has 7 nitrogen and oxygen atoms in total. The van der Waals surface area contributed by atoms with E-state index in [1.54, 1.807) is 6.20 Å². The molecule has 0 bridgehead atoms. The van der Waals surface area contributed by atoms with E-state index in [1.165, 1.54) is 28.9 Å². The van der Waals surface area contributed by atoms with Gasteiger partial charge >= 0.3 is 0 Å². The molecule has 0 aliphatic carbocycles. The van der Waals surface area contributed by atoms with E-state index in [2.05, 4.69) is 26.3 Å². The third kappa shape index (κ3) is 3.03. The molecular weight excluding hydrogens is 456 g/mol. The second-order valence-corrected chi connectivity index (χ2v) is 7.28. The van der Waals surface area contributed by atoms with Crippen molar-refractivity contribution in [3.8, 4) is 0 Å². The second kappa shape index (κ2) is 7.89. The van der Waals surface area contributed by atoms with E-state index in [1.807, 2.05) is 18.3 Å². The Morgan fingerprint density at radius 1 is 1.03 bits per heavy atom. The van der Waals surface area contributed by atoms with Crippen LogP contribution in [0.4, 0.5) is 10.1 Å². The van der Waals surface area contributed by atoms with Crippen LogP contribution in [0.5, 0.6) is 0 Å². The van der Waals surface area contributed by atoms with Crippen molar-refractivity contribution in [3.63, 3.8) is 0 Å². The van der Waals surface area contributed by atoms with Crippen LogP contribution < -0.4 is 10.2 Å². The molecule has 0 unspecified atom stereocenters. The van der Waals surface area contributed by atoms with E-state index >= 15 is 0 Å². The maximum Gasteiger partial charge on any atom is 0.261 e. The summed E-state index contributed by atoms with van der Waals surface area (Å²) in [6, 6.07) is 8.69. The normalized spacial score (nSPS) is 16.4. The van der Waals surface area contributed by atoms with Crippen LogP contribution in [0.25, 0.3) is 11.2 Å². The molecule has 162 valence electrons. The zero-order valence-corrected chi connectivity index (χ0v) is 18.0. The lowest BCUT2D eigenvalue weighted by Gasteiger charge is -2.17. The molecule has 2 amide bonds. The van der Waals surface area contributed by atoms with Gasteiger partial charge in [0.05, 0.1) is 34.4 Å². The number of hydrogen-bond donors (Lipinski definition) is 1. The molecule has 2 aromatic heterocycles. The molecule has 3 aliphatic rings. The summed E-state index contributed by atoms with van der Waals surface area (Å²) in [5.41, 5.74) is 4.46. The molecule has 0 atom stereocenters. The highest BCUT2D eigenvalue weighted by Gasteiger charge is 2.38. The first-order valence-corrected chi connectivity index (χ1v) is 9.48. The van der Waals surface area contributed by atoms with Crippen LogP contribution in [0.3, 0.4) is 0 Å². The number of imidazole rings is 1. The maximum atomic E-state index is 13.9. The summed E-state index contributed by atoms with van der Waals surface area (Å²) in [5, 5.41) is 2.37. The Morgan fingerprint density at radius 2 is 1.84 bits per heavy atom. The van der Waals surface area contributed by atoms with Crippen LogP contribution in [0.15, 0.2) is 65.7 Å². The van der Waals surface area contributed by atoms with E-state index in [0.717, 1.165) is 29.8 Å². The van der Waals surface area contributed by atoms with Gasteiger partial charge in [-0.25, -0.2) is 9.37 Å². The number of amides is 2. The van der Waals surface area contributed by atoms with Crippen molar-refractivity contribution in [2.45, 2.75) is 6.42 Å². The third-order valence-corrected chi connectivity index (χ3v) is 5.63. The van der Waals surface area contributed by atoms with Gasteiger partial charge < -0.3 is 4.90 Å². The van der Waals surface area contributed by atoms with Gasteiger partial charge in [0, 0.05) is 30.7 Å². The number of imide groups is 1. The van der Waals surface area contributed by atoms with Crippen LogP contribution in [-0.4, -0.2) is 33.5 Å². The number of fused-ring (bicyclic) bond motifs is 1. The number of carbonyl (C=O) groups is 2. The van der Waals surface area contributed by atoms with E-state index in [0.29, 0.717) is 17.1 Å². The van der Waals surface area contributed by atoms with Gasteiger partial charge in [-0.15, -0.1) is 24.8 Å². The zero-order valence-electron chi connectivity index (χ0n) is 16.4. The number of anilines is 1. The molecule has 6 rings (SSSR count). The van der Waals surface area contributed by atoms with Crippen LogP contribution in [-0.2, 0) is 16.0 Å². The lowest BCUT2D eigenvalue weighted by molar-refractivity contribution is -0.123. The average Bonchev–Trinajstić information content (AvgIpc) is 3.36. The number of carbonyl (C=O) groups excluding carboxylic acids is 2. The van der Waals surface area contributed by atoms with E-state index in [9.17, 15) is 14.0 Å². The zero-order chi connectivity index (χ0) is 20.4. The van der Waals surface area contributed by atoms with E-state index in [-0.39, 0.29) is 36.0 Å². The number of aliphatic imine (C=N–C) groups is 1. The number of pyridine rings is 1. The Labute approximate surface area is 194 Å². The third-order valence-electron chi connectivity index (χ3n) is 5.63. The van der Waals surface area contributed by atoms with Gasteiger partial charge in [-0.3, -0.25) is 24.3 Å². The number of nitrogens with zero attached hydrogens (tertiary/aromatic N) is 4. The highest BCUT2D eigenvalue weighted by molar-refractivity contribution is 6.47. The quantitative estimate of drug-likeness (QED) is 0.582. The van der Waals surface area contributed by atoms with Crippen LogP contribution in [0, 0.1) is 5.82 Å². The molecule has 32 heavy (non-hydrogen) atoms. The van der Waals surface area contributed by atoms with Gasteiger partial charge in [-0.2, -0.15) is 0 Å². The summed E-state index contributed by atoms with van der Waals surface area (Å²) in [5.74, 6) is -1.56. The van der Waals surface area contributed by atoms with E-state index < -0.39 is 17.6 Å². The van der Waals surface area contributed by atoms with Crippen molar-refractivity contribution in [1.82, 2.24) is 14.7 Å². The summed E-state index contributed by atoms with van der Waals surface area (Å²) in [6.07, 6.45) is 7.12. The van der Waals surface area contributed by atoms with Gasteiger partial charge in [0.2, 0.25) is 0 Å². The van der Waals surface area contributed by atoms with Crippen molar-refractivity contribution < 1.29 is 14.0 Å². The second-order valence-electron chi connectivity index (χ2n) is 7.28. The lowest BCUT2D eigenvalue weighted by Crippen LogP contribution is -2.25. The summed E-state index contributed by atoms with van der Waals surface area (Å²) in [6.45, 7) is 0.829. The highest BCUT2D eigenvalue weighted by atomic mass is 35.5. The number of hydrogen-bond acceptors (Lipinski definition) is 5. The molecular formula is C22H16Cl2FN5O2. The molecule has 0 radical (unpaired) electrons.